The molecule has 0 heterocycles. The Labute approximate surface area is 132 Å². The van der Waals surface area contributed by atoms with Gasteiger partial charge < -0.3 is 5.73 Å². The molecule has 1 atom stereocenters. The summed E-state index contributed by atoms with van der Waals surface area (Å²) in [5.74, 6) is -1.25. The van der Waals surface area contributed by atoms with E-state index < -0.39 is 17.7 Å². The highest BCUT2D eigenvalue weighted by atomic mass is 79.9. The van der Waals surface area contributed by atoms with Crippen molar-refractivity contribution in [1.29, 1.82) is 0 Å². The average Bonchev–Trinajstić information content (AvgIpc) is 2.45. The van der Waals surface area contributed by atoms with Crippen molar-refractivity contribution < 1.29 is 8.78 Å². The summed E-state index contributed by atoms with van der Waals surface area (Å²) >= 11 is 3.08. The van der Waals surface area contributed by atoms with Gasteiger partial charge in [-0.15, -0.1) is 0 Å². The lowest BCUT2D eigenvalue weighted by Gasteiger charge is -2.19. The highest BCUT2D eigenvalue weighted by Crippen LogP contribution is 2.30. The zero-order chi connectivity index (χ0) is 15.6. The molecule has 0 fully saturated rings. The van der Waals surface area contributed by atoms with E-state index in [2.05, 4.69) is 15.9 Å². The fourth-order valence-electron chi connectivity index (χ4n) is 2.48. The Bertz CT molecular complexity index is 632. The summed E-state index contributed by atoms with van der Waals surface area (Å²) in [5, 5.41) is 0. The molecule has 2 aromatic rings. The van der Waals surface area contributed by atoms with E-state index in [1.807, 2.05) is 32.0 Å². The van der Waals surface area contributed by atoms with Gasteiger partial charge in [-0.2, -0.15) is 0 Å². The summed E-state index contributed by atoms with van der Waals surface area (Å²) < 4.78 is 28.6. The number of rotatable bonds is 4. The van der Waals surface area contributed by atoms with Crippen molar-refractivity contribution in [3.05, 3.63) is 68.7 Å². The molecule has 2 N–H and O–H groups in total. The van der Waals surface area contributed by atoms with Crippen LogP contribution >= 0.6 is 15.9 Å². The van der Waals surface area contributed by atoms with Crippen molar-refractivity contribution >= 4 is 15.9 Å². The van der Waals surface area contributed by atoms with Crippen LogP contribution in [0.4, 0.5) is 8.78 Å². The van der Waals surface area contributed by atoms with Crippen LogP contribution in [0.15, 0.2) is 34.8 Å². The van der Waals surface area contributed by atoms with E-state index in [-0.39, 0.29) is 5.56 Å². The second-order valence-electron chi connectivity index (χ2n) is 5.00. The lowest BCUT2D eigenvalue weighted by atomic mass is 9.91. The summed E-state index contributed by atoms with van der Waals surface area (Å²) in [6.07, 6.45) is 1.63. The molecule has 0 amide bonds. The summed E-state index contributed by atoms with van der Waals surface area (Å²) in [5.41, 5.74) is 9.00. The van der Waals surface area contributed by atoms with Crippen LogP contribution in [-0.4, -0.2) is 0 Å². The predicted molar refractivity (Wildman–Crippen MR) is 85.3 cm³/mol. The highest BCUT2D eigenvalue weighted by molar-refractivity contribution is 9.10. The van der Waals surface area contributed by atoms with Crippen LogP contribution in [0.1, 0.15) is 42.1 Å². The minimum absolute atomic E-state index is 0.0823. The van der Waals surface area contributed by atoms with Gasteiger partial charge in [-0.3, -0.25) is 0 Å². The molecular formula is C17H18BrF2N. The number of hydrogen-bond acceptors (Lipinski definition) is 1. The van der Waals surface area contributed by atoms with Crippen LogP contribution < -0.4 is 5.73 Å². The van der Waals surface area contributed by atoms with Crippen LogP contribution in [0, 0.1) is 11.6 Å². The molecule has 2 rings (SSSR count). The van der Waals surface area contributed by atoms with Crippen molar-refractivity contribution in [2.45, 2.75) is 32.7 Å². The van der Waals surface area contributed by atoms with Crippen molar-refractivity contribution in [3.63, 3.8) is 0 Å². The molecule has 21 heavy (non-hydrogen) atoms. The molecule has 2 aromatic carbocycles. The fraction of sp³-hybridized carbons (Fsp3) is 0.294. The third-order valence-electron chi connectivity index (χ3n) is 3.69. The third kappa shape index (κ3) is 3.33. The van der Waals surface area contributed by atoms with Crippen LogP contribution in [0.3, 0.4) is 0 Å². The van der Waals surface area contributed by atoms with E-state index in [9.17, 15) is 8.78 Å². The first kappa shape index (κ1) is 16.1. The Morgan fingerprint density at radius 2 is 1.67 bits per heavy atom. The van der Waals surface area contributed by atoms with Crippen LogP contribution in [0.25, 0.3) is 0 Å². The van der Waals surface area contributed by atoms with Gasteiger partial charge in [0.25, 0.3) is 0 Å². The summed E-state index contributed by atoms with van der Waals surface area (Å²) in [7, 11) is 0. The van der Waals surface area contributed by atoms with Gasteiger partial charge in [0.15, 0.2) is 0 Å². The Balaban J connectivity index is 2.56. The maximum Gasteiger partial charge on any atom is 0.132 e. The number of nitrogens with two attached hydrogens (primary N) is 1. The molecule has 0 spiro atoms. The molecule has 0 aliphatic carbocycles. The molecule has 0 aliphatic rings. The largest absolute Gasteiger partial charge is 0.320 e. The Kier molecular flexibility index (Phi) is 5.12. The summed E-state index contributed by atoms with van der Waals surface area (Å²) in [6, 6.07) is 7.65. The van der Waals surface area contributed by atoms with E-state index in [4.69, 9.17) is 5.73 Å². The topological polar surface area (TPSA) is 26.0 Å². The first-order valence-electron chi connectivity index (χ1n) is 6.99. The third-order valence-corrected chi connectivity index (χ3v) is 4.15. The maximum absolute atomic E-state index is 14.1. The molecule has 0 saturated carbocycles. The minimum atomic E-state index is -0.806. The van der Waals surface area contributed by atoms with Gasteiger partial charge in [-0.25, -0.2) is 8.78 Å². The van der Waals surface area contributed by atoms with Crippen LogP contribution in [0.5, 0.6) is 0 Å². The normalized spacial score (nSPS) is 12.5. The number of halogens is 3. The van der Waals surface area contributed by atoms with E-state index in [0.29, 0.717) is 4.47 Å². The predicted octanol–water partition coefficient (Wildman–Crippen LogP) is 4.90. The smallest absolute Gasteiger partial charge is 0.132 e. The molecule has 0 radical (unpaired) electrons. The first-order chi connectivity index (χ1) is 9.97. The first-order valence-corrected chi connectivity index (χ1v) is 7.78. The maximum atomic E-state index is 14.1. The van der Waals surface area contributed by atoms with E-state index in [1.165, 1.54) is 12.1 Å². The van der Waals surface area contributed by atoms with Crippen molar-refractivity contribution in [1.82, 2.24) is 0 Å². The van der Waals surface area contributed by atoms with Crippen LogP contribution in [-0.2, 0) is 12.8 Å². The number of benzene rings is 2. The molecule has 0 aromatic heterocycles. The second kappa shape index (κ2) is 6.67. The second-order valence-corrected chi connectivity index (χ2v) is 5.92. The molecule has 0 bridgehead atoms. The monoisotopic (exact) mass is 353 g/mol. The molecule has 1 unspecified atom stereocenters. The van der Waals surface area contributed by atoms with Gasteiger partial charge in [0, 0.05) is 10.0 Å². The van der Waals surface area contributed by atoms with Crippen molar-refractivity contribution in [2.24, 2.45) is 5.73 Å². The standard InChI is InChI=1S/C17H18BrF2N/c1-3-10-5-6-11(4-2)13(7-10)17(21)16-14(19)8-12(18)9-15(16)20/h5-9,17H,3-4,21H2,1-2H3. The van der Waals surface area contributed by atoms with Gasteiger partial charge in [0.05, 0.1) is 6.04 Å². The molecule has 0 aliphatic heterocycles. The van der Waals surface area contributed by atoms with Gasteiger partial charge in [0.2, 0.25) is 0 Å². The Morgan fingerprint density at radius 1 is 1.05 bits per heavy atom. The highest BCUT2D eigenvalue weighted by Gasteiger charge is 2.21. The number of aryl methyl sites for hydroxylation is 2. The molecule has 4 heteroatoms. The lowest BCUT2D eigenvalue weighted by molar-refractivity contribution is 0.541. The van der Waals surface area contributed by atoms with Gasteiger partial charge in [-0.1, -0.05) is 48.0 Å². The average molecular weight is 354 g/mol. The van der Waals surface area contributed by atoms with Crippen LogP contribution in [0.2, 0.25) is 0 Å². The fourth-order valence-corrected chi connectivity index (χ4v) is 2.88. The Hall–Kier alpha value is -1.26. The minimum Gasteiger partial charge on any atom is -0.320 e. The van der Waals surface area contributed by atoms with E-state index in [1.54, 1.807) is 0 Å². The molecule has 0 saturated heterocycles. The van der Waals surface area contributed by atoms with Crippen molar-refractivity contribution in [3.8, 4) is 0 Å². The lowest BCUT2D eigenvalue weighted by Crippen LogP contribution is -2.18. The SMILES string of the molecule is CCc1ccc(CC)c(C(N)c2c(F)cc(Br)cc2F)c1. The van der Waals surface area contributed by atoms with Gasteiger partial charge >= 0.3 is 0 Å². The van der Waals surface area contributed by atoms with Gasteiger partial charge in [-0.05, 0) is 41.7 Å². The van der Waals surface area contributed by atoms with E-state index in [0.717, 1.165) is 29.5 Å². The summed E-state index contributed by atoms with van der Waals surface area (Å²) in [4.78, 5) is 0. The Morgan fingerprint density at radius 3 is 2.19 bits per heavy atom. The zero-order valence-corrected chi connectivity index (χ0v) is 13.7. The molecule has 112 valence electrons. The van der Waals surface area contributed by atoms with Gasteiger partial charge in [0.1, 0.15) is 11.6 Å². The molecular weight excluding hydrogens is 336 g/mol. The van der Waals surface area contributed by atoms with E-state index >= 15 is 0 Å². The quantitative estimate of drug-likeness (QED) is 0.830. The zero-order valence-electron chi connectivity index (χ0n) is 12.1. The number of hydrogen-bond donors (Lipinski definition) is 1. The van der Waals surface area contributed by atoms with Crippen molar-refractivity contribution in [2.75, 3.05) is 0 Å². The molecule has 1 nitrogen and oxygen atoms in total. The summed E-state index contributed by atoms with van der Waals surface area (Å²) in [6.45, 7) is 4.04.